The summed E-state index contributed by atoms with van der Waals surface area (Å²) < 4.78 is 27.4. The Balaban J connectivity index is 1.58. The van der Waals surface area contributed by atoms with E-state index in [0.717, 1.165) is 11.1 Å². The van der Waals surface area contributed by atoms with Crippen LogP contribution in [0.1, 0.15) is 34.1 Å². The van der Waals surface area contributed by atoms with Gasteiger partial charge in [0.05, 0.1) is 24.5 Å². The Morgan fingerprint density at radius 1 is 1.07 bits per heavy atom. The molecule has 1 amide bonds. The maximum Gasteiger partial charge on any atom is 0.251 e. The van der Waals surface area contributed by atoms with E-state index < -0.39 is 10.0 Å². The van der Waals surface area contributed by atoms with Gasteiger partial charge in [0, 0.05) is 30.7 Å². The van der Waals surface area contributed by atoms with Crippen molar-refractivity contribution < 1.29 is 13.2 Å². The number of sulfonamides is 1. The highest BCUT2D eigenvalue weighted by Crippen LogP contribution is 2.08. The molecule has 0 atom stereocenters. The minimum absolute atomic E-state index is 0.0161. The van der Waals surface area contributed by atoms with Crippen molar-refractivity contribution in [2.45, 2.75) is 26.6 Å². The van der Waals surface area contributed by atoms with E-state index in [-0.39, 0.29) is 18.2 Å². The summed E-state index contributed by atoms with van der Waals surface area (Å²) in [5.41, 5.74) is 2.98. The second-order valence-electron chi connectivity index (χ2n) is 6.47. The minimum Gasteiger partial charge on any atom is -0.348 e. The lowest BCUT2D eigenvalue weighted by Crippen LogP contribution is -2.25. The Morgan fingerprint density at radius 2 is 1.93 bits per heavy atom. The van der Waals surface area contributed by atoms with Crippen LogP contribution in [0.5, 0.6) is 0 Å². The third kappa shape index (κ3) is 6.23. The molecular weight excluding hydrogens is 390 g/mol. The highest BCUT2D eigenvalue weighted by molar-refractivity contribution is 7.89. The van der Waals surface area contributed by atoms with Crippen molar-refractivity contribution in [3.05, 3.63) is 83.4 Å². The lowest BCUT2D eigenvalue weighted by atomic mass is 10.1. The minimum atomic E-state index is -3.28. The molecule has 2 N–H and O–H groups in total. The maximum absolute atomic E-state index is 12.5. The molecule has 152 valence electrons. The van der Waals surface area contributed by atoms with Crippen molar-refractivity contribution in [1.29, 1.82) is 0 Å². The molecule has 2 heterocycles. The summed E-state index contributed by atoms with van der Waals surface area (Å²) >= 11 is 0. The summed E-state index contributed by atoms with van der Waals surface area (Å²) in [5.74, 6) is -0.167. The largest absolute Gasteiger partial charge is 0.348 e. The molecule has 0 aliphatic rings. The summed E-state index contributed by atoms with van der Waals surface area (Å²) in [6.45, 7) is 2.60. The van der Waals surface area contributed by atoms with Crippen LogP contribution in [-0.2, 0) is 29.7 Å². The molecule has 0 fully saturated rings. The van der Waals surface area contributed by atoms with Gasteiger partial charge in [-0.3, -0.25) is 14.5 Å². The van der Waals surface area contributed by atoms with Crippen LogP contribution in [-0.4, -0.2) is 34.8 Å². The van der Waals surface area contributed by atoms with Gasteiger partial charge < -0.3 is 5.32 Å². The van der Waals surface area contributed by atoms with Gasteiger partial charge in [-0.25, -0.2) is 13.1 Å². The predicted molar refractivity (Wildman–Crippen MR) is 109 cm³/mol. The molecule has 0 saturated heterocycles. The number of hydrogen-bond acceptors (Lipinski definition) is 5. The normalized spacial score (nSPS) is 11.3. The molecule has 0 aliphatic carbocycles. The summed E-state index contributed by atoms with van der Waals surface area (Å²) in [5, 5.41) is 7.06. The van der Waals surface area contributed by atoms with Crippen molar-refractivity contribution in [2.24, 2.45) is 0 Å². The van der Waals surface area contributed by atoms with E-state index in [2.05, 4.69) is 20.1 Å². The fourth-order valence-corrected chi connectivity index (χ4v) is 3.27. The zero-order valence-electron chi connectivity index (χ0n) is 16.1. The molecule has 0 bridgehead atoms. The molecule has 29 heavy (non-hydrogen) atoms. The first-order chi connectivity index (χ1) is 13.9. The monoisotopic (exact) mass is 413 g/mol. The van der Waals surface area contributed by atoms with E-state index in [1.54, 1.807) is 42.2 Å². The first-order valence-corrected chi connectivity index (χ1v) is 10.9. The van der Waals surface area contributed by atoms with Crippen LogP contribution in [0.2, 0.25) is 0 Å². The summed E-state index contributed by atoms with van der Waals surface area (Å²) in [7, 11) is -3.28. The van der Waals surface area contributed by atoms with Gasteiger partial charge in [0.25, 0.3) is 5.91 Å². The Hall–Kier alpha value is -3.04. The standard InChI is InChI=1S/C20H23N5O3S/c1-2-29(27,28)24-14-19-12-16(7-9-21-19)13-22-20(26)18-6-3-5-17(11-18)15-25-10-4-8-23-25/h3-12,24H,2,13-15H2,1H3,(H,22,26). The average Bonchev–Trinajstić information content (AvgIpc) is 3.24. The van der Waals surface area contributed by atoms with Gasteiger partial charge in [0.1, 0.15) is 0 Å². The second kappa shape index (κ2) is 9.44. The first kappa shape index (κ1) is 20.7. The Morgan fingerprint density at radius 3 is 2.69 bits per heavy atom. The fourth-order valence-electron chi connectivity index (χ4n) is 2.70. The third-order valence-electron chi connectivity index (χ3n) is 4.28. The van der Waals surface area contributed by atoms with Crippen molar-refractivity contribution in [3.63, 3.8) is 0 Å². The Bertz CT molecular complexity index is 1070. The number of benzene rings is 1. The summed E-state index contributed by atoms with van der Waals surface area (Å²) in [6, 6.07) is 12.8. The predicted octanol–water partition coefficient (Wildman–Crippen LogP) is 1.70. The number of carbonyl (C=O) groups is 1. The zero-order chi connectivity index (χ0) is 20.7. The van der Waals surface area contributed by atoms with Crippen LogP contribution in [0.4, 0.5) is 0 Å². The molecule has 8 nitrogen and oxygen atoms in total. The lowest BCUT2D eigenvalue weighted by Gasteiger charge is -2.09. The van der Waals surface area contributed by atoms with Gasteiger partial charge in [-0.05, 0) is 48.4 Å². The van der Waals surface area contributed by atoms with Crippen LogP contribution < -0.4 is 10.0 Å². The maximum atomic E-state index is 12.5. The van der Waals surface area contributed by atoms with E-state index >= 15 is 0 Å². The van der Waals surface area contributed by atoms with Crippen molar-refractivity contribution in [1.82, 2.24) is 24.8 Å². The smallest absolute Gasteiger partial charge is 0.251 e. The van der Waals surface area contributed by atoms with Gasteiger partial charge >= 0.3 is 0 Å². The van der Waals surface area contributed by atoms with Crippen LogP contribution in [0.3, 0.4) is 0 Å². The van der Waals surface area contributed by atoms with Gasteiger partial charge in [0.15, 0.2) is 0 Å². The lowest BCUT2D eigenvalue weighted by molar-refractivity contribution is 0.0950. The van der Waals surface area contributed by atoms with E-state index in [1.807, 2.05) is 30.5 Å². The highest BCUT2D eigenvalue weighted by atomic mass is 32.2. The molecular formula is C20H23N5O3S. The molecule has 0 unspecified atom stereocenters. The number of rotatable bonds is 9. The van der Waals surface area contributed by atoms with Crippen LogP contribution in [0.15, 0.2) is 61.1 Å². The molecule has 0 saturated carbocycles. The van der Waals surface area contributed by atoms with Gasteiger partial charge in [-0.2, -0.15) is 5.10 Å². The Kier molecular flexibility index (Phi) is 6.73. The van der Waals surface area contributed by atoms with Crippen molar-refractivity contribution >= 4 is 15.9 Å². The van der Waals surface area contributed by atoms with Gasteiger partial charge in [-0.15, -0.1) is 0 Å². The molecule has 9 heteroatoms. The van der Waals surface area contributed by atoms with Crippen LogP contribution >= 0.6 is 0 Å². The van der Waals surface area contributed by atoms with Crippen LogP contribution in [0.25, 0.3) is 0 Å². The highest BCUT2D eigenvalue weighted by Gasteiger charge is 2.09. The van der Waals surface area contributed by atoms with Gasteiger partial charge in [0.2, 0.25) is 10.0 Å². The van der Waals surface area contributed by atoms with Gasteiger partial charge in [-0.1, -0.05) is 12.1 Å². The molecule has 0 radical (unpaired) electrons. The number of nitrogens with one attached hydrogen (secondary N) is 2. The SMILES string of the molecule is CCS(=O)(=O)NCc1cc(CNC(=O)c2cccc(Cn3cccn3)c2)ccn1. The van der Waals surface area contributed by atoms with Crippen LogP contribution in [0, 0.1) is 0 Å². The molecule has 1 aromatic carbocycles. The molecule has 3 aromatic rings. The number of nitrogens with zero attached hydrogens (tertiary/aromatic N) is 3. The van der Waals surface area contributed by atoms with E-state index in [4.69, 9.17) is 0 Å². The van der Waals surface area contributed by atoms with E-state index in [9.17, 15) is 13.2 Å². The molecule has 3 rings (SSSR count). The molecule has 2 aromatic heterocycles. The quantitative estimate of drug-likeness (QED) is 0.555. The fraction of sp³-hybridized carbons (Fsp3) is 0.250. The Labute approximate surface area is 170 Å². The number of hydrogen-bond donors (Lipinski definition) is 2. The van der Waals surface area contributed by atoms with E-state index in [0.29, 0.717) is 24.3 Å². The average molecular weight is 414 g/mol. The van der Waals surface area contributed by atoms with Crippen molar-refractivity contribution in [3.8, 4) is 0 Å². The number of aromatic nitrogens is 3. The number of pyridine rings is 1. The van der Waals surface area contributed by atoms with Crippen molar-refractivity contribution in [2.75, 3.05) is 5.75 Å². The summed E-state index contributed by atoms with van der Waals surface area (Å²) in [4.78, 5) is 16.7. The number of amides is 1. The van der Waals surface area contributed by atoms with E-state index in [1.165, 1.54) is 0 Å². The zero-order valence-corrected chi connectivity index (χ0v) is 16.9. The second-order valence-corrected chi connectivity index (χ2v) is 8.56. The topological polar surface area (TPSA) is 106 Å². The molecule has 0 aliphatic heterocycles. The molecule has 0 spiro atoms. The third-order valence-corrected chi connectivity index (χ3v) is 5.62. The number of carbonyl (C=O) groups excluding carboxylic acids is 1. The first-order valence-electron chi connectivity index (χ1n) is 9.21. The summed E-state index contributed by atoms with van der Waals surface area (Å²) in [6.07, 6.45) is 5.18.